The summed E-state index contributed by atoms with van der Waals surface area (Å²) in [4.78, 5) is 11.8. The van der Waals surface area contributed by atoms with Crippen molar-refractivity contribution in [1.82, 2.24) is 9.29 Å². The Morgan fingerprint density at radius 2 is 1.93 bits per heavy atom. The molecule has 0 spiro atoms. The van der Waals surface area contributed by atoms with Gasteiger partial charge in [0.05, 0.1) is 12.2 Å². The topological polar surface area (TPSA) is 101 Å². The minimum Gasteiger partial charge on any atom is -0.483 e. The Hall–Kier alpha value is -2.33. The first-order valence-corrected chi connectivity index (χ1v) is 10.1. The third-order valence-corrected chi connectivity index (χ3v) is 6.09. The van der Waals surface area contributed by atoms with Crippen LogP contribution in [0.4, 0.5) is 8.78 Å². The molecule has 0 fully saturated rings. The second-order valence-electron chi connectivity index (χ2n) is 6.65. The summed E-state index contributed by atoms with van der Waals surface area (Å²) in [6.45, 7) is 4.00. The van der Waals surface area contributed by atoms with Crippen LogP contribution in [0.25, 0.3) is 0 Å². The molecule has 1 N–H and O–H groups in total. The van der Waals surface area contributed by atoms with E-state index in [0.29, 0.717) is 36.1 Å². The molecule has 0 atom stereocenters. The number of sulfonamides is 1. The minimum absolute atomic E-state index is 0.0450. The Labute approximate surface area is 162 Å². The molecule has 0 aliphatic carbocycles. The first-order chi connectivity index (χ1) is 13.2. The average molecular weight is 416 g/mol. The molecule has 0 saturated carbocycles. The molecule has 2 aromatic rings. The van der Waals surface area contributed by atoms with Crippen molar-refractivity contribution in [3.8, 4) is 0 Å². The number of halogens is 2. The number of rotatable bonds is 5. The molecule has 0 bridgehead atoms. The number of hydrogen-bond donors (Lipinski definition) is 1. The number of fused-ring (bicyclic) bond motifs is 1. The third-order valence-electron chi connectivity index (χ3n) is 4.19. The Kier molecular flexibility index (Phi) is 7.25. The van der Waals surface area contributed by atoms with Gasteiger partial charge >= 0.3 is 0 Å². The molecule has 154 valence electrons. The lowest BCUT2D eigenvalue weighted by atomic mass is 10.1. The highest BCUT2D eigenvalue weighted by atomic mass is 32.2. The standard InChI is InChI=1S/C17H20F2N2O3S.CH2O2/c1-11(2)6-7-16-20-14-10-21(9-8-15(14)24-16)25(22,23)17-12(18)4-3-5-13(17)19;2-1-3/h3-5,11H,6-10H2,1-2H3;1H,(H,2,3). The van der Waals surface area contributed by atoms with Gasteiger partial charge in [-0.05, 0) is 24.5 Å². The molecule has 0 amide bonds. The zero-order chi connectivity index (χ0) is 20.9. The summed E-state index contributed by atoms with van der Waals surface area (Å²) in [5.74, 6) is -0.453. The first-order valence-electron chi connectivity index (χ1n) is 8.70. The van der Waals surface area contributed by atoms with Gasteiger partial charge in [0.1, 0.15) is 17.4 Å². The molecule has 10 heteroatoms. The molecular formula is C18H22F2N2O5S. The van der Waals surface area contributed by atoms with Crippen molar-refractivity contribution in [1.29, 1.82) is 0 Å². The van der Waals surface area contributed by atoms with Crippen molar-refractivity contribution in [3.63, 3.8) is 0 Å². The molecule has 0 radical (unpaired) electrons. The summed E-state index contributed by atoms with van der Waals surface area (Å²) in [6.07, 6.45) is 1.93. The van der Waals surface area contributed by atoms with Gasteiger partial charge in [-0.2, -0.15) is 4.31 Å². The number of carbonyl (C=O) groups is 1. The normalized spacial score (nSPS) is 14.3. The van der Waals surface area contributed by atoms with Crippen LogP contribution in [-0.2, 0) is 34.2 Å². The van der Waals surface area contributed by atoms with Crippen LogP contribution < -0.4 is 0 Å². The zero-order valence-corrected chi connectivity index (χ0v) is 16.4. The van der Waals surface area contributed by atoms with Crippen LogP contribution >= 0.6 is 0 Å². The van der Waals surface area contributed by atoms with Gasteiger partial charge in [-0.3, -0.25) is 4.79 Å². The van der Waals surface area contributed by atoms with E-state index in [1.54, 1.807) is 0 Å². The summed E-state index contributed by atoms with van der Waals surface area (Å²) >= 11 is 0. The maximum Gasteiger partial charge on any atom is 0.290 e. The molecule has 1 aliphatic heterocycles. The van der Waals surface area contributed by atoms with Gasteiger partial charge in [-0.15, -0.1) is 0 Å². The van der Waals surface area contributed by atoms with Gasteiger partial charge in [0.2, 0.25) is 10.0 Å². The van der Waals surface area contributed by atoms with Gasteiger partial charge in [0, 0.05) is 19.4 Å². The van der Waals surface area contributed by atoms with Gasteiger partial charge in [0.25, 0.3) is 6.47 Å². The maximum atomic E-state index is 13.9. The summed E-state index contributed by atoms with van der Waals surface area (Å²) < 4.78 is 59.8. The van der Waals surface area contributed by atoms with E-state index in [1.165, 1.54) is 0 Å². The van der Waals surface area contributed by atoms with Gasteiger partial charge in [-0.25, -0.2) is 22.2 Å². The fourth-order valence-corrected chi connectivity index (χ4v) is 4.32. The summed E-state index contributed by atoms with van der Waals surface area (Å²) in [7, 11) is -4.28. The number of hydrogen-bond acceptors (Lipinski definition) is 5. The highest BCUT2D eigenvalue weighted by molar-refractivity contribution is 7.89. The molecule has 0 unspecified atom stereocenters. The molecule has 7 nitrogen and oxygen atoms in total. The minimum atomic E-state index is -4.28. The number of carboxylic acid groups (broad SMARTS) is 1. The molecule has 1 aromatic heterocycles. The largest absolute Gasteiger partial charge is 0.483 e. The average Bonchev–Trinajstić information content (AvgIpc) is 3.02. The molecular weight excluding hydrogens is 394 g/mol. The SMILES string of the molecule is CC(C)CCc1nc2c(o1)CCN(S(=O)(=O)c1c(F)cccc1F)C2.O=CO. The van der Waals surface area contributed by atoms with Crippen LogP contribution in [0, 0.1) is 17.6 Å². The molecule has 1 aliphatic rings. The van der Waals surface area contributed by atoms with Crippen molar-refractivity contribution >= 4 is 16.5 Å². The van der Waals surface area contributed by atoms with E-state index in [0.717, 1.165) is 28.9 Å². The van der Waals surface area contributed by atoms with E-state index in [-0.39, 0.29) is 19.6 Å². The predicted molar refractivity (Wildman–Crippen MR) is 96.0 cm³/mol. The molecule has 0 saturated heterocycles. The van der Waals surface area contributed by atoms with Crippen LogP contribution in [-0.4, -0.2) is 35.8 Å². The second kappa shape index (κ2) is 9.24. The van der Waals surface area contributed by atoms with Crippen LogP contribution in [0.1, 0.15) is 37.6 Å². The van der Waals surface area contributed by atoms with E-state index < -0.39 is 26.6 Å². The van der Waals surface area contributed by atoms with Crippen LogP contribution in [0.3, 0.4) is 0 Å². The molecule has 2 heterocycles. The van der Waals surface area contributed by atoms with Crippen molar-refractivity contribution in [3.05, 3.63) is 47.2 Å². The van der Waals surface area contributed by atoms with Crippen LogP contribution in [0.2, 0.25) is 0 Å². The van der Waals surface area contributed by atoms with Gasteiger partial charge in [-0.1, -0.05) is 19.9 Å². The lowest BCUT2D eigenvalue weighted by Gasteiger charge is -2.24. The Morgan fingerprint density at radius 1 is 1.32 bits per heavy atom. The predicted octanol–water partition coefficient (Wildman–Crippen LogP) is 2.99. The highest BCUT2D eigenvalue weighted by Crippen LogP contribution is 2.28. The number of nitrogens with zero attached hydrogens (tertiary/aromatic N) is 2. The van der Waals surface area contributed by atoms with E-state index in [2.05, 4.69) is 18.8 Å². The second-order valence-corrected chi connectivity index (χ2v) is 8.53. The van der Waals surface area contributed by atoms with E-state index >= 15 is 0 Å². The number of oxazole rings is 1. The Balaban J connectivity index is 0.000000878. The van der Waals surface area contributed by atoms with Gasteiger partial charge in [0.15, 0.2) is 10.8 Å². The third kappa shape index (κ3) is 4.93. The monoisotopic (exact) mass is 416 g/mol. The Morgan fingerprint density at radius 3 is 2.50 bits per heavy atom. The lowest BCUT2D eigenvalue weighted by Crippen LogP contribution is -2.36. The van der Waals surface area contributed by atoms with Crippen molar-refractivity contribution in [2.45, 2.75) is 44.6 Å². The van der Waals surface area contributed by atoms with Crippen molar-refractivity contribution in [2.24, 2.45) is 5.92 Å². The van der Waals surface area contributed by atoms with Crippen molar-refractivity contribution < 1.29 is 31.5 Å². The summed E-state index contributed by atoms with van der Waals surface area (Å²) in [5.41, 5.74) is 0.519. The number of aryl methyl sites for hydroxylation is 1. The molecule has 3 rings (SSSR count). The number of benzene rings is 1. The fraction of sp³-hybridized carbons (Fsp3) is 0.444. The van der Waals surface area contributed by atoms with E-state index in [1.807, 2.05) is 0 Å². The lowest BCUT2D eigenvalue weighted by molar-refractivity contribution is -0.122. The highest BCUT2D eigenvalue weighted by Gasteiger charge is 2.34. The molecule has 1 aromatic carbocycles. The van der Waals surface area contributed by atoms with Crippen LogP contribution in [0.15, 0.2) is 27.5 Å². The summed E-state index contributed by atoms with van der Waals surface area (Å²) in [5, 5.41) is 6.89. The quantitative estimate of drug-likeness (QED) is 0.752. The van der Waals surface area contributed by atoms with E-state index in [9.17, 15) is 17.2 Å². The smallest absolute Gasteiger partial charge is 0.290 e. The zero-order valence-electron chi connectivity index (χ0n) is 15.6. The number of aromatic nitrogens is 1. The maximum absolute atomic E-state index is 13.9. The fourth-order valence-electron chi connectivity index (χ4n) is 2.81. The first kappa shape index (κ1) is 22.0. The van der Waals surface area contributed by atoms with E-state index in [4.69, 9.17) is 14.3 Å². The van der Waals surface area contributed by atoms with Crippen LogP contribution in [0.5, 0.6) is 0 Å². The summed E-state index contributed by atoms with van der Waals surface area (Å²) in [6, 6.07) is 3.01. The molecule has 28 heavy (non-hydrogen) atoms. The van der Waals surface area contributed by atoms with Crippen molar-refractivity contribution in [2.75, 3.05) is 6.54 Å². The Bertz CT molecular complexity index is 908. The van der Waals surface area contributed by atoms with Gasteiger partial charge < -0.3 is 9.52 Å².